The molecule has 4 rings (SSSR count). The van der Waals surface area contributed by atoms with Gasteiger partial charge in [0.2, 0.25) is 5.91 Å². The molecule has 1 saturated carbocycles. The number of piperidine rings is 1. The Labute approximate surface area is 149 Å². The predicted molar refractivity (Wildman–Crippen MR) is 93.1 cm³/mol. The van der Waals surface area contributed by atoms with E-state index in [1.807, 2.05) is 13.8 Å². The fourth-order valence-corrected chi connectivity index (χ4v) is 4.47. The average molecular weight is 347 g/mol. The normalized spacial score (nSPS) is 28.3. The number of aromatic nitrogens is 1. The summed E-state index contributed by atoms with van der Waals surface area (Å²) in [6, 6.07) is 0. The third-order valence-electron chi connectivity index (χ3n) is 6.20. The maximum Gasteiger partial charge on any atom is 0.225 e. The molecule has 1 spiro atoms. The van der Waals surface area contributed by atoms with Crippen molar-refractivity contribution in [1.82, 2.24) is 15.0 Å². The molecule has 3 fully saturated rings. The van der Waals surface area contributed by atoms with Gasteiger partial charge in [-0.15, -0.1) is 0 Å². The van der Waals surface area contributed by atoms with Gasteiger partial charge in [0.05, 0.1) is 24.4 Å². The first-order valence-corrected chi connectivity index (χ1v) is 9.63. The molecular formula is C19H29N3O3. The minimum absolute atomic E-state index is 0.200. The van der Waals surface area contributed by atoms with Crippen LogP contribution in [-0.2, 0) is 16.1 Å². The molecule has 1 aliphatic carbocycles. The number of aryl methyl sites for hydroxylation is 2. The molecule has 1 amide bonds. The Morgan fingerprint density at radius 2 is 2.08 bits per heavy atom. The molecule has 6 nitrogen and oxygen atoms in total. The smallest absolute Gasteiger partial charge is 0.225 e. The standard InChI is InChI=1S/C19H29N3O3/c1-14-17(15(2)25-20-14)11-21-8-4-7-19(12-21)13-22(9-10-24-19)18(23)16-5-3-6-16/h16H,3-13H2,1-2H3/t19-/m1/s1. The van der Waals surface area contributed by atoms with E-state index in [1.165, 1.54) is 12.0 Å². The van der Waals surface area contributed by atoms with Crippen molar-refractivity contribution in [2.75, 3.05) is 32.8 Å². The molecule has 1 atom stereocenters. The molecule has 0 radical (unpaired) electrons. The number of carbonyl (C=O) groups is 1. The molecule has 2 saturated heterocycles. The fraction of sp³-hybridized carbons (Fsp3) is 0.789. The molecule has 6 heteroatoms. The SMILES string of the molecule is Cc1noc(C)c1CN1CCC[C@@]2(C1)CN(C(=O)C1CCC1)CCO2. The summed E-state index contributed by atoms with van der Waals surface area (Å²) in [5.74, 6) is 1.54. The second-order valence-corrected chi connectivity index (χ2v) is 8.04. The van der Waals surface area contributed by atoms with Crippen molar-refractivity contribution in [2.24, 2.45) is 5.92 Å². The summed E-state index contributed by atoms with van der Waals surface area (Å²) in [5.41, 5.74) is 1.97. The number of rotatable bonds is 3. The summed E-state index contributed by atoms with van der Waals surface area (Å²) in [7, 11) is 0. The first-order valence-electron chi connectivity index (χ1n) is 9.63. The van der Waals surface area contributed by atoms with Crippen LogP contribution in [0.4, 0.5) is 0 Å². The molecular weight excluding hydrogens is 318 g/mol. The van der Waals surface area contributed by atoms with Gasteiger partial charge >= 0.3 is 0 Å². The molecule has 2 aliphatic heterocycles. The Bertz CT molecular complexity index is 616. The Balaban J connectivity index is 1.43. The number of morpholine rings is 1. The number of hydrogen-bond acceptors (Lipinski definition) is 5. The van der Waals surface area contributed by atoms with E-state index in [-0.39, 0.29) is 11.5 Å². The van der Waals surface area contributed by atoms with Crippen molar-refractivity contribution in [2.45, 2.75) is 58.1 Å². The van der Waals surface area contributed by atoms with Crippen LogP contribution in [0.25, 0.3) is 0 Å². The van der Waals surface area contributed by atoms with Crippen LogP contribution in [0, 0.1) is 19.8 Å². The second-order valence-electron chi connectivity index (χ2n) is 8.04. The average Bonchev–Trinajstić information content (AvgIpc) is 2.85. The van der Waals surface area contributed by atoms with Crippen molar-refractivity contribution in [3.8, 4) is 0 Å². The maximum atomic E-state index is 12.7. The van der Waals surface area contributed by atoms with Crippen LogP contribution < -0.4 is 0 Å². The zero-order valence-corrected chi connectivity index (χ0v) is 15.4. The number of ether oxygens (including phenoxy) is 1. The van der Waals surface area contributed by atoms with E-state index in [0.717, 1.165) is 69.9 Å². The van der Waals surface area contributed by atoms with Gasteiger partial charge in [-0.25, -0.2) is 0 Å². The summed E-state index contributed by atoms with van der Waals surface area (Å²) < 4.78 is 11.6. The van der Waals surface area contributed by atoms with Gasteiger partial charge in [0, 0.05) is 31.1 Å². The van der Waals surface area contributed by atoms with Gasteiger partial charge in [0.25, 0.3) is 0 Å². The summed E-state index contributed by atoms with van der Waals surface area (Å²) in [5, 5.41) is 4.07. The lowest BCUT2D eigenvalue weighted by Gasteiger charge is -2.49. The fourth-order valence-electron chi connectivity index (χ4n) is 4.47. The molecule has 0 unspecified atom stereocenters. The van der Waals surface area contributed by atoms with Crippen LogP contribution in [0.2, 0.25) is 0 Å². The van der Waals surface area contributed by atoms with Crippen LogP contribution in [-0.4, -0.2) is 59.3 Å². The lowest BCUT2D eigenvalue weighted by atomic mass is 9.83. The number of amides is 1. The Kier molecular flexibility index (Phi) is 4.58. The largest absolute Gasteiger partial charge is 0.370 e. The van der Waals surface area contributed by atoms with Gasteiger partial charge in [-0.2, -0.15) is 0 Å². The van der Waals surface area contributed by atoms with Gasteiger partial charge in [0.1, 0.15) is 5.76 Å². The van der Waals surface area contributed by atoms with Crippen LogP contribution in [0.5, 0.6) is 0 Å². The Morgan fingerprint density at radius 1 is 1.24 bits per heavy atom. The zero-order chi connectivity index (χ0) is 17.4. The van der Waals surface area contributed by atoms with Crippen LogP contribution in [0.1, 0.15) is 49.1 Å². The van der Waals surface area contributed by atoms with Crippen LogP contribution in [0.15, 0.2) is 4.52 Å². The molecule has 25 heavy (non-hydrogen) atoms. The molecule has 1 aromatic heterocycles. The minimum Gasteiger partial charge on any atom is -0.370 e. The van der Waals surface area contributed by atoms with Crippen molar-refractivity contribution in [1.29, 1.82) is 0 Å². The number of carbonyl (C=O) groups excluding carboxylic acids is 1. The predicted octanol–water partition coefficient (Wildman–Crippen LogP) is 2.28. The Hall–Kier alpha value is -1.40. The summed E-state index contributed by atoms with van der Waals surface area (Å²) in [6.07, 6.45) is 5.49. The summed E-state index contributed by atoms with van der Waals surface area (Å²) >= 11 is 0. The first kappa shape index (κ1) is 17.0. The highest BCUT2D eigenvalue weighted by Gasteiger charge is 2.43. The summed E-state index contributed by atoms with van der Waals surface area (Å²) in [4.78, 5) is 17.2. The van der Waals surface area contributed by atoms with Crippen LogP contribution in [0.3, 0.4) is 0 Å². The van der Waals surface area contributed by atoms with Gasteiger partial charge in [0.15, 0.2) is 0 Å². The van der Waals surface area contributed by atoms with Gasteiger partial charge in [-0.3, -0.25) is 9.69 Å². The molecule has 0 N–H and O–H groups in total. The van der Waals surface area contributed by atoms with E-state index in [9.17, 15) is 4.79 Å². The lowest BCUT2D eigenvalue weighted by Crippen LogP contribution is -2.61. The second kappa shape index (κ2) is 6.72. The van der Waals surface area contributed by atoms with E-state index < -0.39 is 0 Å². The molecule has 0 bridgehead atoms. The van der Waals surface area contributed by atoms with Crippen molar-refractivity contribution in [3.63, 3.8) is 0 Å². The highest BCUT2D eigenvalue weighted by atomic mass is 16.5. The third kappa shape index (κ3) is 3.34. The topological polar surface area (TPSA) is 58.8 Å². The number of hydrogen-bond donors (Lipinski definition) is 0. The Morgan fingerprint density at radius 3 is 2.76 bits per heavy atom. The van der Waals surface area contributed by atoms with E-state index in [0.29, 0.717) is 12.5 Å². The molecule has 0 aromatic carbocycles. The van der Waals surface area contributed by atoms with Crippen molar-refractivity contribution < 1.29 is 14.1 Å². The highest BCUT2D eigenvalue weighted by Crippen LogP contribution is 2.33. The summed E-state index contributed by atoms with van der Waals surface area (Å²) in [6.45, 7) is 8.94. The maximum absolute atomic E-state index is 12.7. The van der Waals surface area contributed by atoms with Crippen molar-refractivity contribution >= 4 is 5.91 Å². The monoisotopic (exact) mass is 347 g/mol. The number of likely N-dealkylation sites (tertiary alicyclic amines) is 1. The van der Waals surface area contributed by atoms with E-state index in [1.54, 1.807) is 0 Å². The van der Waals surface area contributed by atoms with Crippen molar-refractivity contribution in [3.05, 3.63) is 17.0 Å². The van der Waals surface area contributed by atoms with Crippen LogP contribution >= 0.6 is 0 Å². The zero-order valence-electron chi connectivity index (χ0n) is 15.4. The lowest BCUT2D eigenvalue weighted by molar-refractivity contribution is -0.166. The molecule has 1 aromatic rings. The van der Waals surface area contributed by atoms with Gasteiger partial charge in [-0.05, 0) is 46.1 Å². The van der Waals surface area contributed by atoms with E-state index >= 15 is 0 Å². The highest BCUT2D eigenvalue weighted by molar-refractivity contribution is 5.79. The molecule has 3 aliphatic rings. The van der Waals surface area contributed by atoms with Gasteiger partial charge < -0.3 is 14.2 Å². The van der Waals surface area contributed by atoms with Gasteiger partial charge in [-0.1, -0.05) is 11.6 Å². The number of nitrogens with zero attached hydrogens (tertiary/aromatic N) is 3. The van der Waals surface area contributed by atoms with E-state index in [2.05, 4.69) is 15.0 Å². The van der Waals surface area contributed by atoms with E-state index in [4.69, 9.17) is 9.26 Å². The minimum atomic E-state index is -0.200. The molecule has 3 heterocycles. The third-order valence-corrected chi connectivity index (χ3v) is 6.20. The first-order chi connectivity index (χ1) is 12.1. The molecule has 138 valence electrons. The quantitative estimate of drug-likeness (QED) is 0.840.